The third kappa shape index (κ3) is 4.90. The van der Waals surface area contributed by atoms with Gasteiger partial charge in [-0.15, -0.1) is 0 Å². The Balaban J connectivity index is 1.86. The predicted octanol–water partition coefficient (Wildman–Crippen LogP) is 0.663. The third-order valence-electron chi connectivity index (χ3n) is 5.55. The molecule has 0 radical (unpaired) electrons. The number of piperazine rings is 1. The molecule has 2 saturated heterocycles. The number of likely N-dealkylation sites (N-methyl/N-ethyl adjacent to an activating group) is 2. The summed E-state index contributed by atoms with van der Waals surface area (Å²) in [6.45, 7) is 10.4. The minimum atomic E-state index is 0.669. The van der Waals surface area contributed by atoms with Crippen molar-refractivity contribution in [2.75, 3.05) is 74.1 Å². The summed E-state index contributed by atoms with van der Waals surface area (Å²) in [7, 11) is 8.48. The molecule has 2 aliphatic rings. The van der Waals surface area contributed by atoms with Crippen LogP contribution in [-0.2, 0) is 4.74 Å². The Morgan fingerprint density at radius 2 is 1.95 bits per heavy atom. The molecule has 0 aromatic rings. The van der Waals surface area contributed by atoms with Crippen LogP contribution >= 0.6 is 0 Å². The van der Waals surface area contributed by atoms with Gasteiger partial charge in [0.25, 0.3) is 0 Å². The molecule has 0 aliphatic carbocycles. The quantitative estimate of drug-likeness (QED) is 0.687. The molecule has 22 heavy (non-hydrogen) atoms. The second-order valence-corrected chi connectivity index (χ2v) is 7.43. The summed E-state index contributed by atoms with van der Waals surface area (Å²) in [5.41, 5.74) is 0. The first-order chi connectivity index (χ1) is 10.5. The average molecular weight is 313 g/mol. The van der Waals surface area contributed by atoms with Crippen molar-refractivity contribution in [2.45, 2.75) is 37.9 Å². The van der Waals surface area contributed by atoms with Gasteiger partial charge in [-0.2, -0.15) is 0 Å². The molecule has 0 N–H and O–H groups in total. The summed E-state index contributed by atoms with van der Waals surface area (Å²) in [4.78, 5) is 10.2. The summed E-state index contributed by atoms with van der Waals surface area (Å²) >= 11 is 0. The lowest BCUT2D eigenvalue weighted by atomic mass is 10.0. The molecule has 3 atom stereocenters. The lowest BCUT2D eigenvalue weighted by Gasteiger charge is -2.42. The van der Waals surface area contributed by atoms with Gasteiger partial charge in [0.2, 0.25) is 0 Å². The van der Waals surface area contributed by atoms with Gasteiger partial charge in [-0.1, -0.05) is 0 Å². The molecule has 0 aromatic carbocycles. The van der Waals surface area contributed by atoms with Crippen LogP contribution in [0.5, 0.6) is 0 Å². The Hall–Kier alpha value is -0.200. The molecule has 0 amide bonds. The van der Waals surface area contributed by atoms with Gasteiger partial charge in [0.1, 0.15) is 0 Å². The lowest BCUT2D eigenvalue weighted by molar-refractivity contribution is 0.0451. The van der Waals surface area contributed by atoms with Crippen molar-refractivity contribution >= 4 is 0 Å². The van der Waals surface area contributed by atoms with Crippen molar-refractivity contribution in [2.24, 2.45) is 0 Å². The zero-order chi connectivity index (χ0) is 16.1. The minimum absolute atomic E-state index is 0.669. The first-order valence-electron chi connectivity index (χ1n) is 8.83. The summed E-state index contributed by atoms with van der Waals surface area (Å²) in [6.07, 6.45) is 2.59. The highest BCUT2D eigenvalue weighted by atomic mass is 16.5. The molecule has 0 spiro atoms. The molecule has 0 bridgehead atoms. The molecule has 2 fully saturated rings. The van der Waals surface area contributed by atoms with Crippen molar-refractivity contribution in [3.8, 4) is 0 Å². The highest BCUT2D eigenvalue weighted by molar-refractivity contribution is 4.88. The van der Waals surface area contributed by atoms with E-state index in [1.807, 2.05) is 0 Å². The van der Waals surface area contributed by atoms with Crippen LogP contribution in [0.25, 0.3) is 0 Å². The molecule has 2 heterocycles. The van der Waals surface area contributed by atoms with Crippen LogP contribution in [0.1, 0.15) is 19.8 Å². The van der Waals surface area contributed by atoms with E-state index in [-0.39, 0.29) is 0 Å². The highest BCUT2D eigenvalue weighted by Gasteiger charge is 2.31. The van der Waals surface area contributed by atoms with Crippen molar-refractivity contribution < 1.29 is 4.74 Å². The van der Waals surface area contributed by atoms with Gasteiger partial charge in [-0.25, -0.2) is 0 Å². The summed E-state index contributed by atoms with van der Waals surface area (Å²) in [5.74, 6) is 0. The van der Waals surface area contributed by atoms with Gasteiger partial charge in [-0.3, -0.25) is 9.80 Å². The second-order valence-electron chi connectivity index (χ2n) is 7.43. The number of ether oxygens (including phenoxy) is 1. The molecular formula is C17H36N4O. The normalized spacial score (nSPS) is 30.3. The molecular weight excluding hydrogens is 276 g/mol. The summed E-state index contributed by atoms with van der Waals surface area (Å²) < 4.78 is 5.29. The smallest absolute Gasteiger partial charge is 0.0589 e. The van der Waals surface area contributed by atoms with Crippen LogP contribution in [0.3, 0.4) is 0 Å². The number of rotatable bonds is 7. The van der Waals surface area contributed by atoms with E-state index in [9.17, 15) is 0 Å². The zero-order valence-electron chi connectivity index (χ0n) is 15.3. The van der Waals surface area contributed by atoms with E-state index in [0.717, 1.165) is 19.2 Å². The van der Waals surface area contributed by atoms with E-state index in [2.05, 4.69) is 47.7 Å². The third-order valence-corrected chi connectivity index (χ3v) is 5.55. The number of nitrogens with zero attached hydrogens (tertiary/aromatic N) is 4. The zero-order valence-corrected chi connectivity index (χ0v) is 15.3. The molecule has 5 nitrogen and oxygen atoms in total. The van der Waals surface area contributed by atoms with Crippen molar-refractivity contribution in [1.82, 2.24) is 19.6 Å². The lowest BCUT2D eigenvalue weighted by Crippen LogP contribution is -2.54. The Labute approximate surface area is 137 Å². The maximum absolute atomic E-state index is 5.29. The topological polar surface area (TPSA) is 22.2 Å². The van der Waals surface area contributed by atoms with Gasteiger partial charge < -0.3 is 14.5 Å². The monoisotopic (exact) mass is 312 g/mol. The fraction of sp³-hybridized carbons (Fsp3) is 1.00. The molecule has 2 rings (SSSR count). The van der Waals surface area contributed by atoms with E-state index < -0.39 is 0 Å². The van der Waals surface area contributed by atoms with Gasteiger partial charge in [0, 0.05) is 64.5 Å². The first-order valence-corrected chi connectivity index (χ1v) is 8.83. The van der Waals surface area contributed by atoms with Crippen molar-refractivity contribution in [3.05, 3.63) is 0 Å². The van der Waals surface area contributed by atoms with Gasteiger partial charge in [0.05, 0.1) is 6.61 Å². The Kier molecular flexibility index (Phi) is 7.09. The van der Waals surface area contributed by atoms with Crippen LogP contribution in [0.4, 0.5) is 0 Å². The van der Waals surface area contributed by atoms with Gasteiger partial charge >= 0.3 is 0 Å². The van der Waals surface area contributed by atoms with Gasteiger partial charge in [0.15, 0.2) is 0 Å². The molecule has 0 saturated carbocycles. The van der Waals surface area contributed by atoms with E-state index in [1.165, 1.54) is 45.6 Å². The number of hydrogen-bond acceptors (Lipinski definition) is 5. The van der Waals surface area contributed by atoms with Crippen LogP contribution < -0.4 is 0 Å². The van der Waals surface area contributed by atoms with Gasteiger partial charge in [-0.05, 0) is 40.9 Å². The standard InChI is InChI=1S/C17H36N4O/c1-15(21-7-6-16(14-21)18(2)3)12-17-13-19(4)8-9-20(17)10-11-22-5/h15-17H,6-14H2,1-5H3. The van der Waals surface area contributed by atoms with Crippen LogP contribution in [-0.4, -0.2) is 112 Å². The maximum atomic E-state index is 5.29. The SMILES string of the molecule is COCCN1CCN(C)CC1CC(C)N1CCC(N(C)C)C1. The highest BCUT2D eigenvalue weighted by Crippen LogP contribution is 2.21. The Morgan fingerprint density at radius 1 is 1.18 bits per heavy atom. The predicted molar refractivity (Wildman–Crippen MR) is 92.5 cm³/mol. The molecule has 2 aliphatic heterocycles. The van der Waals surface area contributed by atoms with E-state index >= 15 is 0 Å². The Bertz CT molecular complexity index is 324. The van der Waals surface area contributed by atoms with Crippen LogP contribution in [0.15, 0.2) is 0 Å². The maximum Gasteiger partial charge on any atom is 0.0589 e. The van der Waals surface area contributed by atoms with Crippen molar-refractivity contribution in [1.29, 1.82) is 0 Å². The van der Waals surface area contributed by atoms with Crippen LogP contribution in [0, 0.1) is 0 Å². The molecule has 3 unspecified atom stereocenters. The average Bonchev–Trinajstić information content (AvgIpc) is 2.96. The minimum Gasteiger partial charge on any atom is -0.383 e. The van der Waals surface area contributed by atoms with E-state index in [1.54, 1.807) is 7.11 Å². The summed E-state index contributed by atoms with van der Waals surface area (Å²) in [6, 6.07) is 2.08. The largest absolute Gasteiger partial charge is 0.383 e. The second kappa shape index (κ2) is 8.60. The van der Waals surface area contributed by atoms with Crippen molar-refractivity contribution in [3.63, 3.8) is 0 Å². The fourth-order valence-electron chi connectivity index (χ4n) is 3.91. The first kappa shape index (κ1) is 18.1. The van der Waals surface area contributed by atoms with Crippen LogP contribution in [0.2, 0.25) is 0 Å². The fourth-order valence-corrected chi connectivity index (χ4v) is 3.91. The number of methoxy groups -OCH3 is 1. The molecule has 0 aromatic heterocycles. The van der Waals surface area contributed by atoms with E-state index in [4.69, 9.17) is 4.74 Å². The number of likely N-dealkylation sites (tertiary alicyclic amines) is 1. The van der Waals surface area contributed by atoms with E-state index in [0.29, 0.717) is 12.1 Å². The molecule has 5 heteroatoms. The Morgan fingerprint density at radius 3 is 2.59 bits per heavy atom. The summed E-state index contributed by atoms with van der Waals surface area (Å²) in [5, 5.41) is 0. The molecule has 130 valence electrons. The number of hydrogen-bond donors (Lipinski definition) is 0.